The summed E-state index contributed by atoms with van der Waals surface area (Å²) in [5.41, 5.74) is 1.79. The molecule has 5 nitrogen and oxygen atoms in total. The molecule has 1 aliphatic rings. The van der Waals surface area contributed by atoms with E-state index in [0.29, 0.717) is 17.1 Å². The third-order valence-electron chi connectivity index (χ3n) is 4.98. The van der Waals surface area contributed by atoms with Crippen molar-refractivity contribution in [3.05, 3.63) is 54.1 Å². The van der Waals surface area contributed by atoms with Crippen molar-refractivity contribution in [2.75, 3.05) is 39.3 Å². The first-order valence-corrected chi connectivity index (χ1v) is 8.92. The lowest BCUT2D eigenvalue weighted by Gasteiger charge is -2.39. The fraction of sp³-hybridized carbons (Fsp3) is 0.381. The zero-order valence-electron chi connectivity index (χ0n) is 15.6. The van der Waals surface area contributed by atoms with E-state index >= 15 is 0 Å². The van der Waals surface area contributed by atoms with Crippen LogP contribution in [-0.4, -0.2) is 51.2 Å². The van der Waals surface area contributed by atoms with Crippen LogP contribution < -0.4 is 14.4 Å². The van der Waals surface area contributed by atoms with E-state index in [-0.39, 0.29) is 11.9 Å². The molecule has 2 aromatic rings. The van der Waals surface area contributed by atoms with E-state index in [9.17, 15) is 4.79 Å². The van der Waals surface area contributed by atoms with Gasteiger partial charge in [-0.05, 0) is 37.1 Å². The molecule has 0 N–H and O–H groups in total. The molecule has 1 fully saturated rings. The summed E-state index contributed by atoms with van der Waals surface area (Å²) in [6.45, 7) is 1.86. The molecule has 1 heterocycles. The van der Waals surface area contributed by atoms with E-state index in [1.807, 2.05) is 18.0 Å². The summed E-state index contributed by atoms with van der Waals surface area (Å²) < 4.78 is 10.6. The third-order valence-corrected chi connectivity index (χ3v) is 4.98. The summed E-state index contributed by atoms with van der Waals surface area (Å²) in [5, 5.41) is 0. The minimum Gasteiger partial charge on any atom is -0.497 e. The third kappa shape index (κ3) is 3.93. The highest BCUT2D eigenvalue weighted by Crippen LogP contribution is 2.26. The van der Waals surface area contributed by atoms with Crippen molar-refractivity contribution in [1.82, 2.24) is 4.90 Å². The number of likely N-dealkylation sites (N-methyl/N-ethyl adjacent to an activating group) is 1. The molecule has 0 spiro atoms. The van der Waals surface area contributed by atoms with Crippen molar-refractivity contribution < 1.29 is 14.3 Å². The summed E-state index contributed by atoms with van der Waals surface area (Å²) in [6.07, 6.45) is 2.07. The Balaban J connectivity index is 1.76. The highest BCUT2D eigenvalue weighted by atomic mass is 16.5. The van der Waals surface area contributed by atoms with Gasteiger partial charge < -0.3 is 19.3 Å². The van der Waals surface area contributed by atoms with Crippen LogP contribution in [0.25, 0.3) is 0 Å². The van der Waals surface area contributed by atoms with Gasteiger partial charge in [0.05, 0.1) is 14.2 Å². The molecule has 1 saturated heterocycles. The minimum atomic E-state index is -0.0119. The number of anilines is 1. The monoisotopic (exact) mass is 354 g/mol. The number of para-hydroxylation sites is 1. The molecule has 3 rings (SSSR count). The number of hydrogen-bond acceptors (Lipinski definition) is 4. The number of carbonyl (C=O) groups is 1. The summed E-state index contributed by atoms with van der Waals surface area (Å²) in [4.78, 5) is 17.2. The molecule has 1 atom stereocenters. The van der Waals surface area contributed by atoms with Gasteiger partial charge in [-0.15, -0.1) is 0 Å². The number of ether oxygens (including phenoxy) is 2. The van der Waals surface area contributed by atoms with Gasteiger partial charge >= 0.3 is 0 Å². The number of carbonyl (C=O) groups excluding carboxylic acids is 1. The van der Waals surface area contributed by atoms with Crippen LogP contribution >= 0.6 is 0 Å². The molecule has 2 aromatic carbocycles. The Bertz CT molecular complexity index is 726. The normalized spacial score (nSPS) is 16.9. The largest absolute Gasteiger partial charge is 0.497 e. The van der Waals surface area contributed by atoms with E-state index in [4.69, 9.17) is 9.47 Å². The Morgan fingerprint density at radius 3 is 2.35 bits per heavy atom. The standard InChI is InChI=1S/C21H26N2O3/c1-22(21(24)16-12-19(25-2)14-20(13-16)26-3)18-10-7-11-23(15-18)17-8-5-4-6-9-17/h4-6,8-9,12-14,18H,7,10-11,15H2,1-3H3. The van der Waals surface area contributed by atoms with Gasteiger partial charge in [0, 0.05) is 43.5 Å². The average molecular weight is 354 g/mol. The maximum atomic E-state index is 13.0. The molecule has 26 heavy (non-hydrogen) atoms. The number of methoxy groups -OCH3 is 2. The number of benzene rings is 2. The fourth-order valence-corrected chi connectivity index (χ4v) is 3.44. The van der Waals surface area contributed by atoms with Gasteiger partial charge in [0.15, 0.2) is 0 Å². The average Bonchev–Trinajstić information content (AvgIpc) is 2.72. The minimum absolute atomic E-state index is 0.0119. The van der Waals surface area contributed by atoms with Crippen LogP contribution in [0, 0.1) is 0 Å². The Morgan fingerprint density at radius 1 is 1.08 bits per heavy atom. The molecule has 0 bridgehead atoms. The van der Waals surface area contributed by atoms with Crippen molar-refractivity contribution in [2.45, 2.75) is 18.9 Å². The fourth-order valence-electron chi connectivity index (χ4n) is 3.44. The maximum absolute atomic E-state index is 13.0. The molecule has 0 aromatic heterocycles. The van der Waals surface area contributed by atoms with Gasteiger partial charge in [-0.2, -0.15) is 0 Å². The number of piperidine rings is 1. The van der Waals surface area contributed by atoms with Gasteiger partial charge in [-0.3, -0.25) is 4.79 Å². The Kier molecular flexibility index (Phi) is 5.66. The smallest absolute Gasteiger partial charge is 0.254 e. The summed E-state index contributed by atoms with van der Waals surface area (Å²) in [6, 6.07) is 15.8. The van der Waals surface area contributed by atoms with Crippen LogP contribution in [-0.2, 0) is 0 Å². The Labute approximate surface area is 155 Å². The lowest BCUT2D eigenvalue weighted by molar-refractivity contribution is 0.0716. The molecule has 5 heteroatoms. The van der Waals surface area contributed by atoms with E-state index in [1.54, 1.807) is 32.4 Å². The summed E-state index contributed by atoms with van der Waals surface area (Å²) >= 11 is 0. The first-order chi connectivity index (χ1) is 12.6. The topological polar surface area (TPSA) is 42.0 Å². The molecular formula is C21H26N2O3. The van der Waals surface area contributed by atoms with Gasteiger partial charge in [0.2, 0.25) is 0 Å². The molecule has 0 aliphatic carbocycles. The second-order valence-electron chi connectivity index (χ2n) is 6.60. The molecular weight excluding hydrogens is 328 g/mol. The summed E-state index contributed by atoms with van der Waals surface area (Å²) in [5.74, 6) is 1.23. The van der Waals surface area contributed by atoms with Crippen LogP contribution in [0.3, 0.4) is 0 Å². The van der Waals surface area contributed by atoms with Crippen molar-refractivity contribution in [3.63, 3.8) is 0 Å². The molecule has 0 saturated carbocycles. The zero-order chi connectivity index (χ0) is 18.5. The van der Waals surface area contributed by atoms with Gasteiger partial charge in [0.25, 0.3) is 5.91 Å². The summed E-state index contributed by atoms with van der Waals surface area (Å²) in [7, 11) is 5.06. The van der Waals surface area contributed by atoms with Gasteiger partial charge in [-0.25, -0.2) is 0 Å². The number of amides is 1. The van der Waals surface area contributed by atoms with E-state index in [0.717, 1.165) is 25.9 Å². The highest BCUT2D eigenvalue weighted by molar-refractivity contribution is 5.95. The number of rotatable bonds is 5. The molecule has 1 aliphatic heterocycles. The second kappa shape index (κ2) is 8.13. The molecule has 138 valence electrons. The van der Waals surface area contributed by atoms with Crippen molar-refractivity contribution in [2.24, 2.45) is 0 Å². The highest BCUT2D eigenvalue weighted by Gasteiger charge is 2.27. The van der Waals surface area contributed by atoms with Crippen LogP contribution in [0.1, 0.15) is 23.2 Å². The van der Waals surface area contributed by atoms with Crippen molar-refractivity contribution >= 4 is 11.6 Å². The van der Waals surface area contributed by atoms with Crippen LogP contribution in [0.2, 0.25) is 0 Å². The predicted octanol–water partition coefficient (Wildman–Crippen LogP) is 3.44. The van der Waals surface area contributed by atoms with Crippen LogP contribution in [0.4, 0.5) is 5.69 Å². The Morgan fingerprint density at radius 2 is 1.73 bits per heavy atom. The number of hydrogen-bond donors (Lipinski definition) is 0. The zero-order valence-corrected chi connectivity index (χ0v) is 15.6. The maximum Gasteiger partial charge on any atom is 0.254 e. The van der Waals surface area contributed by atoms with E-state index in [1.165, 1.54) is 5.69 Å². The van der Waals surface area contributed by atoms with E-state index in [2.05, 4.69) is 29.2 Å². The van der Waals surface area contributed by atoms with E-state index < -0.39 is 0 Å². The Hall–Kier alpha value is -2.69. The molecule has 1 unspecified atom stereocenters. The molecule has 0 radical (unpaired) electrons. The van der Waals surface area contributed by atoms with Crippen molar-refractivity contribution in [1.29, 1.82) is 0 Å². The van der Waals surface area contributed by atoms with Gasteiger partial charge in [0.1, 0.15) is 11.5 Å². The number of nitrogens with zero attached hydrogens (tertiary/aromatic N) is 2. The van der Waals surface area contributed by atoms with Crippen molar-refractivity contribution in [3.8, 4) is 11.5 Å². The van der Waals surface area contributed by atoms with Crippen LogP contribution in [0.5, 0.6) is 11.5 Å². The lowest BCUT2D eigenvalue weighted by atomic mass is 10.0. The SMILES string of the molecule is COc1cc(OC)cc(C(=O)N(C)C2CCCN(c3ccccc3)C2)c1. The first-order valence-electron chi connectivity index (χ1n) is 8.92. The quantitative estimate of drug-likeness (QED) is 0.825. The lowest BCUT2D eigenvalue weighted by Crippen LogP contribution is -2.48. The molecule has 1 amide bonds. The van der Waals surface area contributed by atoms with Crippen LogP contribution in [0.15, 0.2) is 48.5 Å². The predicted molar refractivity (Wildman–Crippen MR) is 103 cm³/mol. The first kappa shape index (κ1) is 18.1. The second-order valence-corrected chi connectivity index (χ2v) is 6.60. The van der Waals surface area contributed by atoms with Gasteiger partial charge in [-0.1, -0.05) is 18.2 Å².